The van der Waals surface area contributed by atoms with Crippen molar-refractivity contribution in [3.05, 3.63) is 24.0 Å². The fourth-order valence-electron chi connectivity index (χ4n) is 2.29. The Balaban J connectivity index is 2.12. The molecule has 0 aromatic carbocycles. The van der Waals surface area contributed by atoms with Crippen LogP contribution in [0.15, 0.2) is 18.3 Å². The molecular weight excluding hydrogens is 200 g/mol. The van der Waals surface area contributed by atoms with Crippen molar-refractivity contribution in [2.75, 3.05) is 11.4 Å². The fraction of sp³-hybridized carbons (Fsp3) is 0.615. The minimum atomic E-state index is -0.426. The van der Waals surface area contributed by atoms with Crippen LogP contribution in [0.2, 0.25) is 0 Å². The molecule has 1 aromatic heterocycles. The van der Waals surface area contributed by atoms with Gasteiger partial charge in [-0.3, -0.25) is 4.98 Å². The summed E-state index contributed by atoms with van der Waals surface area (Å²) < 4.78 is 0. The van der Waals surface area contributed by atoms with Crippen LogP contribution in [0.25, 0.3) is 0 Å². The molecule has 2 heterocycles. The van der Waals surface area contributed by atoms with E-state index in [1.165, 1.54) is 18.5 Å². The van der Waals surface area contributed by atoms with Gasteiger partial charge in [-0.25, -0.2) is 0 Å². The van der Waals surface area contributed by atoms with Gasteiger partial charge in [0.15, 0.2) is 0 Å². The summed E-state index contributed by atoms with van der Waals surface area (Å²) >= 11 is 0. The van der Waals surface area contributed by atoms with Crippen molar-refractivity contribution in [2.24, 2.45) is 0 Å². The van der Waals surface area contributed by atoms with Crippen LogP contribution in [0.5, 0.6) is 0 Å². The van der Waals surface area contributed by atoms with E-state index in [0.717, 1.165) is 12.2 Å². The molecule has 3 heteroatoms. The van der Waals surface area contributed by atoms with Crippen molar-refractivity contribution in [3.63, 3.8) is 0 Å². The molecule has 1 fully saturated rings. The first-order chi connectivity index (χ1) is 7.72. The van der Waals surface area contributed by atoms with E-state index in [1.54, 1.807) is 0 Å². The van der Waals surface area contributed by atoms with Gasteiger partial charge in [0.05, 0.1) is 23.7 Å². The normalized spacial score (nSPS) is 22.4. The van der Waals surface area contributed by atoms with Gasteiger partial charge in [0.2, 0.25) is 0 Å². The molecule has 1 aromatic rings. The highest BCUT2D eigenvalue weighted by molar-refractivity contribution is 5.46. The van der Waals surface area contributed by atoms with Gasteiger partial charge in [-0.05, 0) is 38.3 Å². The summed E-state index contributed by atoms with van der Waals surface area (Å²) in [5, 5.41) is 9.66. The molecule has 1 N–H and O–H groups in total. The van der Waals surface area contributed by atoms with Crippen LogP contribution in [-0.4, -0.2) is 22.7 Å². The Hall–Kier alpha value is -1.09. The summed E-state index contributed by atoms with van der Waals surface area (Å²) in [7, 11) is 0. The minimum Gasteiger partial charge on any atom is -0.387 e. The number of hydrogen-bond donors (Lipinski definition) is 1. The van der Waals surface area contributed by atoms with Crippen LogP contribution in [0, 0.1) is 0 Å². The first-order valence-electron chi connectivity index (χ1n) is 6.13. The average molecular weight is 220 g/mol. The minimum absolute atomic E-state index is 0.426. The number of aliphatic hydroxyl groups excluding tert-OH is 1. The monoisotopic (exact) mass is 220 g/mol. The van der Waals surface area contributed by atoms with Crippen LogP contribution < -0.4 is 4.90 Å². The third-order valence-electron chi connectivity index (χ3n) is 3.38. The van der Waals surface area contributed by atoms with Crippen molar-refractivity contribution < 1.29 is 5.11 Å². The Morgan fingerprint density at radius 2 is 2.38 bits per heavy atom. The second-order valence-electron chi connectivity index (χ2n) is 4.55. The van der Waals surface area contributed by atoms with E-state index in [2.05, 4.69) is 22.9 Å². The molecule has 88 valence electrons. The predicted octanol–water partition coefficient (Wildman–Crippen LogP) is 2.51. The molecule has 2 rings (SSSR count). The lowest BCUT2D eigenvalue weighted by Gasteiger charge is -2.23. The first kappa shape index (κ1) is 11.4. The van der Waals surface area contributed by atoms with Crippen molar-refractivity contribution in [3.8, 4) is 0 Å². The summed E-state index contributed by atoms with van der Waals surface area (Å²) in [6.45, 7) is 5.34. The van der Waals surface area contributed by atoms with E-state index in [0.29, 0.717) is 12.5 Å². The molecule has 0 radical (unpaired) electrons. The van der Waals surface area contributed by atoms with Crippen LogP contribution in [-0.2, 0) is 0 Å². The van der Waals surface area contributed by atoms with E-state index in [1.807, 2.05) is 19.2 Å². The van der Waals surface area contributed by atoms with Gasteiger partial charge in [-0.2, -0.15) is 0 Å². The molecule has 1 aliphatic heterocycles. The van der Waals surface area contributed by atoms with Crippen LogP contribution in [0.4, 0.5) is 5.69 Å². The molecule has 0 bridgehead atoms. The Morgan fingerprint density at radius 3 is 2.88 bits per heavy atom. The van der Waals surface area contributed by atoms with E-state index < -0.39 is 6.10 Å². The molecule has 0 amide bonds. The molecule has 1 saturated heterocycles. The third-order valence-corrected chi connectivity index (χ3v) is 3.38. The Labute approximate surface area is 97.1 Å². The van der Waals surface area contributed by atoms with Crippen molar-refractivity contribution in [1.82, 2.24) is 4.98 Å². The first-order valence-corrected chi connectivity index (χ1v) is 6.13. The zero-order valence-corrected chi connectivity index (χ0v) is 10.1. The highest BCUT2D eigenvalue weighted by Gasteiger charge is 2.20. The summed E-state index contributed by atoms with van der Waals surface area (Å²) in [5.41, 5.74) is 1.95. The quantitative estimate of drug-likeness (QED) is 0.850. The van der Waals surface area contributed by atoms with E-state index in [9.17, 15) is 5.11 Å². The number of pyridine rings is 1. The van der Waals surface area contributed by atoms with Gasteiger partial charge < -0.3 is 10.0 Å². The SMILES string of the molecule is CCC(O)c1ccc(N2CCCC2C)cn1. The smallest absolute Gasteiger partial charge is 0.0957 e. The van der Waals surface area contributed by atoms with Gasteiger partial charge in [0, 0.05) is 12.6 Å². The Morgan fingerprint density at radius 1 is 1.56 bits per heavy atom. The largest absolute Gasteiger partial charge is 0.387 e. The number of rotatable bonds is 3. The third kappa shape index (κ3) is 2.19. The second-order valence-corrected chi connectivity index (χ2v) is 4.55. The van der Waals surface area contributed by atoms with Crippen molar-refractivity contribution in [2.45, 2.75) is 45.3 Å². The summed E-state index contributed by atoms with van der Waals surface area (Å²) in [4.78, 5) is 6.72. The molecule has 0 saturated carbocycles. The summed E-state index contributed by atoms with van der Waals surface area (Å²) in [6.07, 6.45) is 4.70. The van der Waals surface area contributed by atoms with Crippen LogP contribution in [0.1, 0.15) is 44.9 Å². The highest BCUT2D eigenvalue weighted by Crippen LogP contribution is 2.25. The zero-order valence-electron chi connectivity index (χ0n) is 10.1. The number of hydrogen-bond acceptors (Lipinski definition) is 3. The fourth-order valence-corrected chi connectivity index (χ4v) is 2.29. The number of aromatic nitrogens is 1. The highest BCUT2D eigenvalue weighted by atomic mass is 16.3. The maximum atomic E-state index is 9.66. The zero-order chi connectivity index (χ0) is 11.5. The maximum absolute atomic E-state index is 9.66. The second kappa shape index (κ2) is 4.83. The topological polar surface area (TPSA) is 36.4 Å². The van der Waals surface area contributed by atoms with Gasteiger partial charge in [0.25, 0.3) is 0 Å². The predicted molar refractivity (Wildman–Crippen MR) is 65.5 cm³/mol. The molecule has 2 unspecified atom stereocenters. The van der Waals surface area contributed by atoms with Crippen molar-refractivity contribution in [1.29, 1.82) is 0 Å². The molecule has 1 aliphatic rings. The van der Waals surface area contributed by atoms with Crippen LogP contribution >= 0.6 is 0 Å². The van der Waals surface area contributed by atoms with Gasteiger partial charge >= 0.3 is 0 Å². The van der Waals surface area contributed by atoms with Crippen molar-refractivity contribution >= 4 is 5.69 Å². The summed E-state index contributed by atoms with van der Waals surface area (Å²) in [5.74, 6) is 0. The number of aliphatic hydroxyl groups is 1. The Kier molecular flexibility index (Phi) is 3.44. The molecule has 0 spiro atoms. The molecule has 3 nitrogen and oxygen atoms in total. The number of anilines is 1. The molecule has 0 aliphatic carbocycles. The van der Waals surface area contributed by atoms with Gasteiger partial charge in [-0.1, -0.05) is 6.92 Å². The lowest BCUT2D eigenvalue weighted by Crippen LogP contribution is -2.26. The van der Waals surface area contributed by atoms with E-state index >= 15 is 0 Å². The molecule has 2 atom stereocenters. The average Bonchev–Trinajstić information content (AvgIpc) is 2.75. The van der Waals surface area contributed by atoms with Gasteiger partial charge in [-0.15, -0.1) is 0 Å². The van der Waals surface area contributed by atoms with Crippen LogP contribution in [0.3, 0.4) is 0 Å². The lowest BCUT2D eigenvalue weighted by molar-refractivity contribution is 0.169. The lowest BCUT2D eigenvalue weighted by atomic mass is 10.2. The standard InChI is InChI=1S/C13H20N2O/c1-3-13(16)12-7-6-11(9-14-12)15-8-4-5-10(15)2/h6-7,9-10,13,16H,3-5,8H2,1-2H3. The maximum Gasteiger partial charge on any atom is 0.0957 e. The van der Waals surface area contributed by atoms with E-state index in [-0.39, 0.29) is 0 Å². The summed E-state index contributed by atoms with van der Waals surface area (Å²) in [6, 6.07) is 4.63. The Bertz CT molecular complexity index is 336. The number of nitrogens with zero attached hydrogens (tertiary/aromatic N) is 2. The van der Waals surface area contributed by atoms with Gasteiger partial charge in [0.1, 0.15) is 0 Å². The molecule has 16 heavy (non-hydrogen) atoms. The molecular formula is C13H20N2O. The van der Waals surface area contributed by atoms with E-state index in [4.69, 9.17) is 0 Å².